The Bertz CT molecular complexity index is 427. The zero-order valence-electron chi connectivity index (χ0n) is 12.5. The molecule has 0 atom stereocenters. The molecule has 0 saturated heterocycles. The molecule has 0 amide bonds. The molecule has 0 spiro atoms. The third kappa shape index (κ3) is 3.41. The van der Waals surface area contributed by atoms with Crippen molar-refractivity contribution >= 4 is 0 Å². The van der Waals surface area contributed by atoms with Crippen LogP contribution in [0.5, 0.6) is 11.5 Å². The van der Waals surface area contributed by atoms with E-state index in [4.69, 9.17) is 9.47 Å². The summed E-state index contributed by atoms with van der Waals surface area (Å²) >= 11 is 0. The Labute approximate surface area is 116 Å². The van der Waals surface area contributed by atoms with Gasteiger partial charge in [-0.25, -0.2) is 0 Å². The van der Waals surface area contributed by atoms with E-state index in [1.165, 1.54) is 5.56 Å². The first-order valence-corrected chi connectivity index (χ1v) is 7.09. The summed E-state index contributed by atoms with van der Waals surface area (Å²) in [6, 6.07) is 6.09. The third-order valence-corrected chi connectivity index (χ3v) is 4.11. The first-order chi connectivity index (χ1) is 9.00. The molecule has 1 aliphatic rings. The minimum atomic E-state index is 0.298. The summed E-state index contributed by atoms with van der Waals surface area (Å²) in [6.07, 6.45) is 0. The number of hydrogen-bond acceptors (Lipinski definition) is 3. The molecule has 19 heavy (non-hydrogen) atoms. The lowest BCUT2D eigenvalue weighted by Gasteiger charge is -2.30. The van der Waals surface area contributed by atoms with Gasteiger partial charge in [-0.05, 0) is 17.4 Å². The van der Waals surface area contributed by atoms with Gasteiger partial charge in [0.2, 0.25) is 0 Å². The molecule has 0 fully saturated rings. The summed E-state index contributed by atoms with van der Waals surface area (Å²) in [4.78, 5) is 0. The highest BCUT2D eigenvalue weighted by Gasteiger charge is 2.22. The Balaban J connectivity index is 1.97. The molecule has 0 unspecified atom stereocenters. The first-order valence-electron chi connectivity index (χ1n) is 7.09. The summed E-state index contributed by atoms with van der Waals surface area (Å²) in [5.41, 5.74) is 1.48. The van der Waals surface area contributed by atoms with E-state index < -0.39 is 0 Å². The number of fused-ring (bicyclic) bond motifs is 1. The number of rotatable bonds is 5. The van der Waals surface area contributed by atoms with Crippen molar-refractivity contribution in [3.63, 3.8) is 0 Å². The summed E-state index contributed by atoms with van der Waals surface area (Å²) in [5, 5.41) is 3.54. The quantitative estimate of drug-likeness (QED) is 0.884. The second kappa shape index (κ2) is 5.83. The molecule has 0 aliphatic carbocycles. The lowest BCUT2D eigenvalue weighted by atomic mass is 9.81. The summed E-state index contributed by atoms with van der Waals surface area (Å²) in [7, 11) is 0. The standard InChI is InChI=1S/C16H25NO2/c1-12(2)16(3,4)11-17-10-13-6-5-7-14-15(13)19-9-8-18-14/h5-7,12,17H,8-11H2,1-4H3. The maximum absolute atomic E-state index is 5.72. The zero-order valence-corrected chi connectivity index (χ0v) is 12.5. The minimum absolute atomic E-state index is 0.298. The fraction of sp³-hybridized carbons (Fsp3) is 0.625. The lowest BCUT2D eigenvalue weighted by molar-refractivity contribution is 0.169. The van der Waals surface area contributed by atoms with Crippen LogP contribution in [0.4, 0.5) is 0 Å². The predicted octanol–water partition coefficient (Wildman–Crippen LogP) is 3.23. The predicted molar refractivity (Wildman–Crippen MR) is 77.8 cm³/mol. The third-order valence-electron chi connectivity index (χ3n) is 4.11. The van der Waals surface area contributed by atoms with Crippen LogP contribution in [0.1, 0.15) is 33.3 Å². The highest BCUT2D eigenvalue weighted by molar-refractivity contribution is 5.47. The van der Waals surface area contributed by atoms with Gasteiger partial charge in [-0.15, -0.1) is 0 Å². The van der Waals surface area contributed by atoms with Crippen molar-refractivity contribution in [2.24, 2.45) is 11.3 Å². The molecule has 3 nitrogen and oxygen atoms in total. The van der Waals surface area contributed by atoms with Crippen LogP contribution in [0.15, 0.2) is 18.2 Å². The maximum Gasteiger partial charge on any atom is 0.165 e. The number of hydrogen-bond donors (Lipinski definition) is 1. The molecule has 1 N–H and O–H groups in total. The van der Waals surface area contributed by atoms with Crippen molar-refractivity contribution in [3.8, 4) is 11.5 Å². The Morgan fingerprint density at radius 1 is 1.21 bits per heavy atom. The van der Waals surface area contributed by atoms with E-state index in [1.807, 2.05) is 12.1 Å². The summed E-state index contributed by atoms with van der Waals surface area (Å²) in [6.45, 7) is 12.2. The van der Waals surface area contributed by atoms with Crippen LogP contribution in [0.2, 0.25) is 0 Å². The summed E-state index contributed by atoms with van der Waals surface area (Å²) < 4.78 is 11.3. The van der Waals surface area contributed by atoms with E-state index in [1.54, 1.807) is 0 Å². The van der Waals surface area contributed by atoms with Crippen molar-refractivity contribution in [2.45, 2.75) is 34.2 Å². The van der Waals surface area contributed by atoms with Crippen molar-refractivity contribution < 1.29 is 9.47 Å². The molecule has 1 aliphatic heterocycles. The van der Waals surface area contributed by atoms with E-state index in [0.29, 0.717) is 24.5 Å². The molecular weight excluding hydrogens is 238 g/mol. The molecule has 1 aromatic rings. The SMILES string of the molecule is CC(C)C(C)(C)CNCc1cccc2c1OCCO2. The van der Waals surface area contributed by atoms with Crippen LogP contribution < -0.4 is 14.8 Å². The number of benzene rings is 1. The maximum atomic E-state index is 5.72. The molecule has 2 rings (SSSR count). The van der Waals surface area contributed by atoms with Gasteiger partial charge in [-0.2, -0.15) is 0 Å². The van der Waals surface area contributed by atoms with Crippen molar-refractivity contribution in [1.82, 2.24) is 5.32 Å². The molecule has 0 saturated carbocycles. The fourth-order valence-electron chi connectivity index (χ4n) is 2.00. The second-order valence-corrected chi connectivity index (χ2v) is 6.19. The summed E-state index contributed by atoms with van der Waals surface area (Å²) in [5.74, 6) is 2.43. The molecule has 3 heteroatoms. The van der Waals surface area contributed by atoms with Gasteiger partial charge < -0.3 is 14.8 Å². The van der Waals surface area contributed by atoms with E-state index in [2.05, 4.69) is 39.1 Å². The molecule has 1 aromatic carbocycles. The Morgan fingerprint density at radius 2 is 1.95 bits per heavy atom. The normalized spacial score (nSPS) is 14.8. The Hall–Kier alpha value is -1.22. The van der Waals surface area contributed by atoms with Crippen LogP contribution in [0.3, 0.4) is 0 Å². The lowest BCUT2D eigenvalue weighted by Crippen LogP contribution is -2.33. The van der Waals surface area contributed by atoms with Gasteiger partial charge in [-0.3, -0.25) is 0 Å². The minimum Gasteiger partial charge on any atom is -0.486 e. The average Bonchev–Trinajstić information content (AvgIpc) is 2.38. The molecule has 106 valence electrons. The zero-order chi connectivity index (χ0) is 13.9. The van der Waals surface area contributed by atoms with E-state index in [-0.39, 0.29) is 0 Å². The fourth-order valence-corrected chi connectivity index (χ4v) is 2.00. The van der Waals surface area contributed by atoms with Gasteiger partial charge in [0, 0.05) is 18.7 Å². The van der Waals surface area contributed by atoms with Gasteiger partial charge >= 0.3 is 0 Å². The number of nitrogens with one attached hydrogen (secondary N) is 1. The molecule has 0 radical (unpaired) electrons. The highest BCUT2D eigenvalue weighted by atomic mass is 16.6. The van der Waals surface area contributed by atoms with Gasteiger partial charge in [0.15, 0.2) is 11.5 Å². The first kappa shape index (κ1) is 14.2. The van der Waals surface area contributed by atoms with Crippen LogP contribution in [-0.2, 0) is 6.54 Å². The highest BCUT2D eigenvalue weighted by Crippen LogP contribution is 2.33. The topological polar surface area (TPSA) is 30.5 Å². The van der Waals surface area contributed by atoms with E-state index in [9.17, 15) is 0 Å². The van der Waals surface area contributed by atoms with Crippen LogP contribution in [0, 0.1) is 11.3 Å². The van der Waals surface area contributed by atoms with Crippen molar-refractivity contribution in [3.05, 3.63) is 23.8 Å². The van der Waals surface area contributed by atoms with Crippen LogP contribution >= 0.6 is 0 Å². The molecular formula is C16H25NO2. The van der Waals surface area contributed by atoms with Crippen LogP contribution in [-0.4, -0.2) is 19.8 Å². The van der Waals surface area contributed by atoms with Gasteiger partial charge in [0.05, 0.1) is 0 Å². The van der Waals surface area contributed by atoms with E-state index >= 15 is 0 Å². The second-order valence-electron chi connectivity index (χ2n) is 6.19. The largest absolute Gasteiger partial charge is 0.486 e. The van der Waals surface area contributed by atoms with E-state index in [0.717, 1.165) is 24.6 Å². The molecule has 1 heterocycles. The van der Waals surface area contributed by atoms with Crippen molar-refractivity contribution in [2.75, 3.05) is 19.8 Å². The monoisotopic (exact) mass is 263 g/mol. The van der Waals surface area contributed by atoms with Crippen molar-refractivity contribution in [1.29, 1.82) is 0 Å². The smallest absolute Gasteiger partial charge is 0.165 e. The number of para-hydroxylation sites is 1. The van der Waals surface area contributed by atoms with Gasteiger partial charge in [-0.1, -0.05) is 39.8 Å². The Morgan fingerprint density at radius 3 is 2.68 bits per heavy atom. The molecule has 0 aromatic heterocycles. The number of ether oxygens (including phenoxy) is 2. The van der Waals surface area contributed by atoms with Gasteiger partial charge in [0.25, 0.3) is 0 Å². The Kier molecular flexibility index (Phi) is 4.35. The van der Waals surface area contributed by atoms with Gasteiger partial charge in [0.1, 0.15) is 13.2 Å². The average molecular weight is 263 g/mol. The van der Waals surface area contributed by atoms with Crippen LogP contribution in [0.25, 0.3) is 0 Å². The molecule has 0 bridgehead atoms.